The molecule has 8 heavy (non-hydrogen) atoms. The molecule has 0 aromatic carbocycles. The van der Waals surface area contributed by atoms with E-state index in [4.69, 9.17) is 0 Å². The average Bonchev–Trinajstić information content (AvgIpc) is 1.98. The fraction of sp³-hybridized carbons (Fsp3) is 0.500. The number of hydrogen-bond acceptors (Lipinski definition) is 2. The van der Waals surface area contributed by atoms with Crippen LogP contribution in [-0.4, -0.2) is 14.3 Å². The molecule has 0 aliphatic rings. The van der Waals surface area contributed by atoms with Crippen LogP contribution < -0.4 is 5.69 Å². The van der Waals surface area contributed by atoms with Gasteiger partial charge < -0.3 is 0 Å². The van der Waals surface area contributed by atoms with Crippen molar-refractivity contribution in [3.63, 3.8) is 0 Å². The van der Waals surface area contributed by atoms with Crippen molar-refractivity contribution < 1.29 is 0 Å². The Labute approximate surface area is 46.4 Å². The maximum absolute atomic E-state index is 10.6. The molecular weight excluding hydrogens is 106 g/mol. The molecule has 0 saturated carbocycles. The predicted molar refractivity (Wildman–Crippen MR) is 28.4 cm³/mol. The minimum atomic E-state index is -0.0926. The Kier molecular flexibility index (Phi) is 0.932. The van der Waals surface area contributed by atoms with Gasteiger partial charge in [-0.2, -0.15) is 5.10 Å². The number of nitrogens with zero attached hydrogens (tertiary/aromatic N) is 3. The highest BCUT2D eigenvalue weighted by Gasteiger charge is 1.90. The maximum Gasteiger partial charge on any atom is 0.345 e. The Hall–Kier alpha value is -1.06. The van der Waals surface area contributed by atoms with Gasteiger partial charge in [-0.1, -0.05) is 0 Å². The van der Waals surface area contributed by atoms with Gasteiger partial charge in [0, 0.05) is 14.1 Å². The second-order valence-electron chi connectivity index (χ2n) is 1.65. The van der Waals surface area contributed by atoms with E-state index in [1.807, 2.05) is 0 Å². The minimum absolute atomic E-state index is 0.0926. The lowest BCUT2D eigenvalue weighted by molar-refractivity contribution is 0.714. The van der Waals surface area contributed by atoms with Crippen LogP contribution in [0.2, 0.25) is 0 Å². The fourth-order valence-corrected chi connectivity index (χ4v) is 0.482. The molecule has 0 bridgehead atoms. The van der Waals surface area contributed by atoms with Gasteiger partial charge >= 0.3 is 5.69 Å². The van der Waals surface area contributed by atoms with Crippen molar-refractivity contribution >= 4 is 0 Å². The molecule has 1 aromatic heterocycles. The molecule has 1 heterocycles. The molecule has 0 fully saturated rings. The standard InChI is InChI=1S/C4H7N3O/c1-6-3-5-7(2)4(6)8/h3H,1-2H3. The highest BCUT2D eigenvalue weighted by Crippen LogP contribution is 1.64. The van der Waals surface area contributed by atoms with Crippen LogP contribution in [-0.2, 0) is 14.1 Å². The summed E-state index contributed by atoms with van der Waals surface area (Å²) < 4.78 is 2.69. The second-order valence-corrected chi connectivity index (χ2v) is 1.65. The van der Waals surface area contributed by atoms with Crippen LogP contribution in [0, 0.1) is 0 Å². The summed E-state index contributed by atoms with van der Waals surface area (Å²) in [4.78, 5) is 10.6. The Balaban J connectivity index is 3.42. The number of aryl methyl sites for hydroxylation is 2. The van der Waals surface area contributed by atoms with Crippen molar-refractivity contribution in [2.75, 3.05) is 0 Å². The molecule has 44 valence electrons. The van der Waals surface area contributed by atoms with E-state index in [0.29, 0.717) is 0 Å². The summed E-state index contributed by atoms with van der Waals surface area (Å²) in [6.45, 7) is 0. The highest BCUT2D eigenvalue weighted by molar-refractivity contribution is 4.61. The summed E-state index contributed by atoms with van der Waals surface area (Å²) >= 11 is 0. The third-order valence-corrected chi connectivity index (χ3v) is 0.977. The van der Waals surface area contributed by atoms with E-state index in [2.05, 4.69) is 5.10 Å². The summed E-state index contributed by atoms with van der Waals surface area (Å²) in [5.41, 5.74) is -0.0926. The van der Waals surface area contributed by atoms with Gasteiger partial charge in [0.1, 0.15) is 6.33 Å². The molecule has 0 unspecified atom stereocenters. The topological polar surface area (TPSA) is 39.8 Å². The maximum atomic E-state index is 10.6. The molecule has 0 amide bonds. The highest BCUT2D eigenvalue weighted by atomic mass is 16.2. The Bertz CT molecular complexity index is 211. The van der Waals surface area contributed by atoms with Crippen LogP contribution >= 0.6 is 0 Å². The smallest absolute Gasteiger partial charge is 0.285 e. The first-order valence-corrected chi connectivity index (χ1v) is 2.26. The fourth-order valence-electron chi connectivity index (χ4n) is 0.482. The quantitative estimate of drug-likeness (QED) is 0.438. The predicted octanol–water partition coefficient (Wildman–Crippen LogP) is -0.881. The van der Waals surface area contributed by atoms with Gasteiger partial charge in [-0.05, 0) is 0 Å². The Morgan fingerprint density at radius 2 is 2.25 bits per heavy atom. The monoisotopic (exact) mass is 113 g/mol. The van der Waals surface area contributed by atoms with E-state index < -0.39 is 0 Å². The van der Waals surface area contributed by atoms with Gasteiger partial charge in [-0.15, -0.1) is 0 Å². The second kappa shape index (κ2) is 1.47. The molecule has 1 rings (SSSR count). The van der Waals surface area contributed by atoms with E-state index in [1.54, 1.807) is 14.1 Å². The number of aromatic nitrogens is 3. The average molecular weight is 113 g/mol. The number of rotatable bonds is 0. The Morgan fingerprint density at radius 3 is 2.38 bits per heavy atom. The molecule has 0 atom stereocenters. The zero-order valence-electron chi connectivity index (χ0n) is 4.83. The van der Waals surface area contributed by atoms with Crippen LogP contribution in [0.25, 0.3) is 0 Å². The number of hydrogen-bond donors (Lipinski definition) is 0. The van der Waals surface area contributed by atoms with Gasteiger partial charge in [0.15, 0.2) is 0 Å². The molecule has 4 nitrogen and oxygen atoms in total. The lowest BCUT2D eigenvalue weighted by atomic mass is 11.0. The van der Waals surface area contributed by atoms with Gasteiger partial charge in [0.05, 0.1) is 0 Å². The summed E-state index contributed by atoms with van der Waals surface area (Å²) in [5, 5.41) is 3.68. The van der Waals surface area contributed by atoms with Crippen molar-refractivity contribution in [1.29, 1.82) is 0 Å². The molecule has 0 aliphatic heterocycles. The van der Waals surface area contributed by atoms with E-state index in [9.17, 15) is 4.79 Å². The Morgan fingerprint density at radius 1 is 1.62 bits per heavy atom. The largest absolute Gasteiger partial charge is 0.345 e. The van der Waals surface area contributed by atoms with Crippen LogP contribution in [0.3, 0.4) is 0 Å². The normalized spacial score (nSPS) is 9.75. The van der Waals surface area contributed by atoms with Crippen LogP contribution in [0.5, 0.6) is 0 Å². The summed E-state index contributed by atoms with van der Waals surface area (Å²) in [7, 11) is 3.28. The van der Waals surface area contributed by atoms with Crippen molar-refractivity contribution in [3.8, 4) is 0 Å². The minimum Gasteiger partial charge on any atom is -0.285 e. The van der Waals surface area contributed by atoms with E-state index in [1.165, 1.54) is 15.6 Å². The van der Waals surface area contributed by atoms with E-state index in [0.717, 1.165) is 0 Å². The first-order chi connectivity index (χ1) is 3.72. The zero-order valence-corrected chi connectivity index (χ0v) is 4.83. The van der Waals surface area contributed by atoms with Crippen LogP contribution in [0.15, 0.2) is 11.1 Å². The molecule has 0 N–H and O–H groups in total. The van der Waals surface area contributed by atoms with Crippen molar-refractivity contribution in [2.45, 2.75) is 0 Å². The van der Waals surface area contributed by atoms with Crippen LogP contribution in [0.1, 0.15) is 0 Å². The van der Waals surface area contributed by atoms with E-state index >= 15 is 0 Å². The van der Waals surface area contributed by atoms with E-state index in [-0.39, 0.29) is 5.69 Å². The van der Waals surface area contributed by atoms with Crippen molar-refractivity contribution in [1.82, 2.24) is 14.3 Å². The first kappa shape index (κ1) is 5.08. The van der Waals surface area contributed by atoms with Gasteiger partial charge in [0.2, 0.25) is 0 Å². The molecule has 0 saturated heterocycles. The molecule has 0 aliphatic carbocycles. The van der Waals surface area contributed by atoms with Gasteiger partial charge in [-0.25, -0.2) is 9.48 Å². The summed E-state index contributed by atoms with van der Waals surface area (Å²) in [6, 6.07) is 0. The lowest BCUT2D eigenvalue weighted by Gasteiger charge is -1.79. The SMILES string of the molecule is Cn1cnn(C)c1=O. The lowest BCUT2D eigenvalue weighted by Crippen LogP contribution is -2.19. The molecule has 0 radical (unpaired) electrons. The first-order valence-electron chi connectivity index (χ1n) is 2.26. The van der Waals surface area contributed by atoms with Gasteiger partial charge in [0.25, 0.3) is 0 Å². The van der Waals surface area contributed by atoms with Crippen molar-refractivity contribution in [2.24, 2.45) is 14.1 Å². The molecule has 0 spiro atoms. The van der Waals surface area contributed by atoms with Crippen LogP contribution in [0.4, 0.5) is 0 Å². The third-order valence-electron chi connectivity index (χ3n) is 0.977. The zero-order chi connectivity index (χ0) is 6.15. The molecule has 1 aromatic rings. The third kappa shape index (κ3) is 0.538. The summed E-state index contributed by atoms with van der Waals surface area (Å²) in [5.74, 6) is 0. The molecule has 4 heteroatoms. The summed E-state index contributed by atoms with van der Waals surface area (Å²) in [6.07, 6.45) is 1.47. The van der Waals surface area contributed by atoms with Gasteiger partial charge in [-0.3, -0.25) is 4.57 Å². The molecular formula is C4H7N3O. The van der Waals surface area contributed by atoms with Crippen molar-refractivity contribution in [3.05, 3.63) is 16.8 Å².